The summed E-state index contributed by atoms with van der Waals surface area (Å²) in [6, 6.07) is 8.09. The second-order valence-corrected chi connectivity index (χ2v) is 6.40. The molecule has 0 aliphatic heterocycles. The Morgan fingerprint density at radius 2 is 1.96 bits per heavy atom. The first-order valence-electron chi connectivity index (χ1n) is 8.33. The fourth-order valence-corrected chi connectivity index (χ4v) is 2.95. The molecule has 5 nitrogen and oxygen atoms in total. The number of nitrogens with zero attached hydrogens (tertiary/aromatic N) is 1. The van der Waals surface area contributed by atoms with Crippen molar-refractivity contribution in [2.45, 2.75) is 45.8 Å². The van der Waals surface area contributed by atoms with E-state index in [9.17, 15) is 14.0 Å². The van der Waals surface area contributed by atoms with Gasteiger partial charge in [0.2, 0.25) is 0 Å². The average molecular weight is 344 g/mol. The standard InChI is InChI=1S/C19H21FN2O3/c1-11-10-15(12(2)22(11)14-8-9-14)19(24)25-13(3)18(23)21-17-7-5-4-6-16(17)20/h4-7,10,13-14H,8-9H2,1-3H3,(H,21,23)/t13-/m0/s1. The number of carbonyl (C=O) groups excluding carboxylic acids is 2. The smallest absolute Gasteiger partial charge is 0.340 e. The maximum atomic E-state index is 13.6. The molecule has 1 aromatic heterocycles. The van der Waals surface area contributed by atoms with Gasteiger partial charge in [-0.2, -0.15) is 0 Å². The van der Waals surface area contributed by atoms with Gasteiger partial charge >= 0.3 is 5.97 Å². The summed E-state index contributed by atoms with van der Waals surface area (Å²) in [5, 5.41) is 2.43. The number of anilines is 1. The highest BCUT2D eigenvalue weighted by atomic mass is 19.1. The van der Waals surface area contributed by atoms with Crippen LogP contribution in [0.15, 0.2) is 30.3 Å². The Bertz CT molecular complexity index is 824. The zero-order valence-electron chi connectivity index (χ0n) is 14.5. The van der Waals surface area contributed by atoms with Crippen molar-refractivity contribution < 1.29 is 18.7 Å². The summed E-state index contributed by atoms with van der Waals surface area (Å²) in [5.41, 5.74) is 2.39. The number of para-hydroxylation sites is 1. The molecule has 0 bridgehead atoms. The van der Waals surface area contributed by atoms with E-state index in [1.54, 1.807) is 12.1 Å². The molecule has 1 aromatic carbocycles. The zero-order chi connectivity index (χ0) is 18.1. The Kier molecular flexibility index (Phi) is 4.61. The molecule has 6 heteroatoms. The molecule has 1 N–H and O–H groups in total. The number of halogens is 1. The normalized spacial score (nSPS) is 14.9. The van der Waals surface area contributed by atoms with Crippen LogP contribution in [-0.4, -0.2) is 22.5 Å². The second kappa shape index (κ2) is 6.70. The number of carbonyl (C=O) groups is 2. The number of ether oxygens (including phenoxy) is 1. The van der Waals surface area contributed by atoms with E-state index < -0.39 is 23.8 Å². The highest BCUT2D eigenvalue weighted by Crippen LogP contribution is 2.38. The summed E-state index contributed by atoms with van der Waals surface area (Å²) >= 11 is 0. The Labute approximate surface area is 145 Å². The number of benzene rings is 1. The Morgan fingerprint density at radius 1 is 1.28 bits per heavy atom. The molecule has 1 amide bonds. The quantitative estimate of drug-likeness (QED) is 0.840. The van der Waals surface area contributed by atoms with Crippen LogP contribution >= 0.6 is 0 Å². The van der Waals surface area contributed by atoms with E-state index in [4.69, 9.17) is 4.74 Å². The number of hydrogen-bond donors (Lipinski definition) is 1. The van der Waals surface area contributed by atoms with Crippen molar-refractivity contribution in [2.24, 2.45) is 0 Å². The highest BCUT2D eigenvalue weighted by Gasteiger charge is 2.29. The van der Waals surface area contributed by atoms with Gasteiger partial charge in [-0.05, 0) is 51.8 Å². The van der Waals surface area contributed by atoms with Gasteiger partial charge in [0.1, 0.15) is 5.82 Å². The third-order valence-corrected chi connectivity index (χ3v) is 4.40. The van der Waals surface area contributed by atoms with Crippen LogP contribution in [0.3, 0.4) is 0 Å². The van der Waals surface area contributed by atoms with Gasteiger partial charge in [0.25, 0.3) is 5.91 Å². The zero-order valence-corrected chi connectivity index (χ0v) is 14.5. The van der Waals surface area contributed by atoms with Crippen molar-refractivity contribution in [3.8, 4) is 0 Å². The molecule has 0 spiro atoms. The lowest BCUT2D eigenvalue weighted by Gasteiger charge is -2.14. The molecule has 0 saturated heterocycles. The van der Waals surface area contributed by atoms with Gasteiger partial charge in [0.05, 0.1) is 11.3 Å². The van der Waals surface area contributed by atoms with Crippen LogP contribution in [0.1, 0.15) is 47.6 Å². The van der Waals surface area contributed by atoms with Crippen LogP contribution in [0.5, 0.6) is 0 Å². The topological polar surface area (TPSA) is 60.3 Å². The van der Waals surface area contributed by atoms with E-state index in [1.807, 2.05) is 13.8 Å². The van der Waals surface area contributed by atoms with Crippen molar-refractivity contribution in [1.29, 1.82) is 0 Å². The predicted octanol–water partition coefficient (Wildman–Crippen LogP) is 3.76. The van der Waals surface area contributed by atoms with Crippen molar-refractivity contribution >= 4 is 17.6 Å². The van der Waals surface area contributed by atoms with Gasteiger partial charge < -0.3 is 14.6 Å². The number of rotatable bonds is 5. The van der Waals surface area contributed by atoms with E-state index in [0.717, 1.165) is 24.2 Å². The maximum absolute atomic E-state index is 13.6. The van der Waals surface area contributed by atoms with Crippen molar-refractivity contribution in [1.82, 2.24) is 4.57 Å². The van der Waals surface area contributed by atoms with Crippen LogP contribution in [0, 0.1) is 19.7 Å². The lowest BCUT2D eigenvalue weighted by molar-refractivity contribution is -0.123. The molecule has 0 radical (unpaired) electrons. The van der Waals surface area contributed by atoms with Gasteiger partial charge in [-0.25, -0.2) is 9.18 Å². The third-order valence-electron chi connectivity index (χ3n) is 4.40. The first-order chi connectivity index (χ1) is 11.9. The molecule has 25 heavy (non-hydrogen) atoms. The Morgan fingerprint density at radius 3 is 2.60 bits per heavy atom. The summed E-state index contributed by atoms with van der Waals surface area (Å²) in [4.78, 5) is 24.6. The number of nitrogens with one attached hydrogen (secondary N) is 1. The molecule has 2 aromatic rings. The van der Waals surface area contributed by atoms with E-state index in [2.05, 4.69) is 9.88 Å². The van der Waals surface area contributed by atoms with Gasteiger partial charge in [-0.15, -0.1) is 0 Å². The molecular formula is C19H21FN2O3. The second-order valence-electron chi connectivity index (χ2n) is 6.40. The van der Waals surface area contributed by atoms with Crippen LogP contribution < -0.4 is 5.32 Å². The number of amides is 1. The molecule has 1 aliphatic rings. The van der Waals surface area contributed by atoms with E-state index in [-0.39, 0.29) is 5.69 Å². The van der Waals surface area contributed by atoms with Crippen LogP contribution in [0.2, 0.25) is 0 Å². The largest absolute Gasteiger partial charge is 0.449 e. The minimum atomic E-state index is -1.03. The van der Waals surface area contributed by atoms with Crippen molar-refractivity contribution in [2.75, 3.05) is 5.32 Å². The molecule has 0 unspecified atom stereocenters. The third kappa shape index (κ3) is 3.57. The average Bonchev–Trinajstić information content (AvgIpc) is 3.34. The highest BCUT2D eigenvalue weighted by molar-refractivity contribution is 5.97. The summed E-state index contributed by atoms with van der Waals surface area (Å²) in [7, 11) is 0. The number of hydrogen-bond acceptors (Lipinski definition) is 3. The molecule has 1 heterocycles. The van der Waals surface area contributed by atoms with Gasteiger partial charge in [0, 0.05) is 17.4 Å². The summed E-state index contributed by atoms with van der Waals surface area (Å²) in [6.07, 6.45) is 1.20. The lowest BCUT2D eigenvalue weighted by atomic mass is 10.2. The Hall–Kier alpha value is -2.63. The SMILES string of the molecule is Cc1cc(C(=O)O[C@@H](C)C(=O)Nc2ccccc2F)c(C)n1C1CC1. The van der Waals surface area contributed by atoms with Gasteiger partial charge in [-0.3, -0.25) is 4.79 Å². The summed E-state index contributed by atoms with van der Waals surface area (Å²) < 4.78 is 21.0. The van der Waals surface area contributed by atoms with Crippen LogP contribution in [0.4, 0.5) is 10.1 Å². The van der Waals surface area contributed by atoms with E-state index >= 15 is 0 Å². The molecule has 1 atom stereocenters. The monoisotopic (exact) mass is 344 g/mol. The van der Waals surface area contributed by atoms with Gasteiger partial charge in [-0.1, -0.05) is 12.1 Å². The predicted molar refractivity (Wildman–Crippen MR) is 92.1 cm³/mol. The first kappa shape index (κ1) is 17.2. The molecule has 1 aliphatic carbocycles. The molecule has 1 saturated carbocycles. The first-order valence-corrected chi connectivity index (χ1v) is 8.33. The molecule has 3 rings (SSSR count). The maximum Gasteiger partial charge on any atom is 0.340 e. The van der Waals surface area contributed by atoms with E-state index in [0.29, 0.717) is 11.6 Å². The number of esters is 1. The minimum Gasteiger partial charge on any atom is -0.449 e. The number of aryl methyl sites for hydroxylation is 1. The molecular weight excluding hydrogens is 323 g/mol. The van der Waals surface area contributed by atoms with Crippen LogP contribution in [0.25, 0.3) is 0 Å². The van der Waals surface area contributed by atoms with Crippen molar-refractivity contribution in [3.63, 3.8) is 0 Å². The van der Waals surface area contributed by atoms with E-state index in [1.165, 1.54) is 25.1 Å². The molecule has 1 fully saturated rings. The fourth-order valence-electron chi connectivity index (χ4n) is 2.95. The number of aromatic nitrogens is 1. The van der Waals surface area contributed by atoms with Gasteiger partial charge in [0.15, 0.2) is 6.10 Å². The molecule has 132 valence electrons. The van der Waals surface area contributed by atoms with Crippen molar-refractivity contribution in [3.05, 3.63) is 53.1 Å². The Balaban J connectivity index is 1.67. The fraction of sp³-hybridized carbons (Fsp3) is 0.368. The lowest BCUT2D eigenvalue weighted by Crippen LogP contribution is -2.30. The minimum absolute atomic E-state index is 0.0577. The summed E-state index contributed by atoms with van der Waals surface area (Å²) in [6.45, 7) is 5.30. The summed E-state index contributed by atoms with van der Waals surface area (Å²) in [5.74, 6) is -1.66. The van der Waals surface area contributed by atoms with Crippen LogP contribution in [-0.2, 0) is 9.53 Å².